The smallest absolute Gasteiger partial charge is 0.326 e. The van der Waals surface area contributed by atoms with Gasteiger partial charge in [0.25, 0.3) is 0 Å². The highest BCUT2D eigenvalue weighted by atomic mass is 16.4. The van der Waals surface area contributed by atoms with Gasteiger partial charge in [0, 0.05) is 13.0 Å². The SMILES string of the molecule is CCCCCCCCCC(=O)N[C@@H](CCN=C(N)N)C(=O)O. The Bertz CT molecular complexity index is 355. The van der Waals surface area contributed by atoms with Crippen LogP contribution in [0.25, 0.3) is 0 Å². The Labute approximate surface area is 132 Å². The molecule has 0 aromatic rings. The van der Waals surface area contributed by atoms with Gasteiger partial charge in [0.15, 0.2) is 5.96 Å². The minimum Gasteiger partial charge on any atom is -0.480 e. The monoisotopic (exact) mass is 314 g/mol. The van der Waals surface area contributed by atoms with E-state index in [2.05, 4.69) is 17.2 Å². The molecule has 0 aromatic carbocycles. The van der Waals surface area contributed by atoms with Gasteiger partial charge >= 0.3 is 5.97 Å². The van der Waals surface area contributed by atoms with Crippen LogP contribution in [0.3, 0.4) is 0 Å². The fraction of sp³-hybridized carbons (Fsp3) is 0.800. The molecular weight excluding hydrogens is 284 g/mol. The van der Waals surface area contributed by atoms with E-state index in [0.717, 1.165) is 19.3 Å². The predicted octanol–water partition coefficient (Wildman–Crippen LogP) is 1.36. The van der Waals surface area contributed by atoms with Crippen LogP contribution >= 0.6 is 0 Å². The van der Waals surface area contributed by atoms with Crippen LogP contribution in [0.4, 0.5) is 0 Å². The van der Waals surface area contributed by atoms with E-state index in [0.29, 0.717) is 6.42 Å². The summed E-state index contributed by atoms with van der Waals surface area (Å²) in [5.41, 5.74) is 10.3. The molecule has 128 valence electrons. The van der Waals surface area contributed by atoms with Gasteiger partial charge in [0.2, 0.25) is 5.91 Å². The largest absolute Gasteiger partial charge is 0.480 e. The molecule has 7 nitrogen and oxygen atoms in total. The molecule has 1 amide bonds. The van der Waals surface area contributed by atoms with Gasteiger partial charge in [-0.25, -0.2) is 4.79 Å². The lowest BCUT2D eigenvalue weighted by Crippen LogP contribution is -2.41. The number of amides is 1. The molecule has 0 saturated heterocycles. The average Bonchev–Trinajstić information content (AvgIpc) is 2.44. The summed E-state index contributed by atoms with van der Waals surface area (Å²) in [6.45, 7) is 2.35. The Morgan fingerprint density at radius 2 is 1.68 bits per heavy atom. The molecular formula is C15H30N4O3. The van der Waals surface area contributed by atoms with Crippen LogP contribution in [0.2, 0.25) is 0 Å². The number of carboxylic acids is 1. The molecule has 0 radical (unpaired) electrons. The van der Waals surface area contributed by atoms with Crippen molar-refractivity contribution in [2.24, 2.45) is 16.5 Å². The maximum Gasteiger partial charge on any atom is 0.326 e. The van der Waals surface area contributed by atoms with E-state index in [-0.39, 0.29) is 24.8 Å². The summed E-state index contributed by atoms with van der Waals surface area (Å²) in [4.78, 5) is 26.5. The predicted molar refractivity (Wildman–Crippen MR) is 87.5 cm³/mol. The third-order valence-electron chi connectivity index (χ3n) is 3.35. The van der Waals surface area contributed by atoms with Crippen LogP contribution in [0.1, 0.15) is 64.7 Å². The number of nitrogens with zero attached hydrogens (tertiary/aromatic N) is 1. The second-order valence-electron chi connectivity index (χ2n) is 5.42. The van der Waals surface area contributed by atoms with Gasteiger partial charge in [-0.3, -0.25) is 9.79 Å². The number of unbranched alkanes of at least 4 members (excludes halogenated alkanes) is 6. The molecule has 0 rings (SSSR count). The number of aliphatic carboxylic acids is 1. The Morgan fingerprint density at radius 1 is 1.09 bits per heavy atom. The van der Waals surface area contributed by atoms with Crippen LogP contribution in [0.5, 0.6) is 0 Å². The van der Waals surface area contributed by atoms with E-state index in [1.54, 1.807) is 0 Å². The number of aliphatic imine (C=N–C) groups is 1. The number of carboxylic acid groups (broad SMARTS) is 1. The molecule has 0 saturated carbocycles. The lowest BCUT2D eigenvalue weighted by Gasteiger charge is -2.13. The van der Waals surface area contributed by atoms with Crippen molar-refractivity contribution in [2.45, 2.75) is 70.8 Å². The maximum atomic E-state index is 11.7. The van der Waals surface area contributed by atoms with Crippen molar-refractivity contribution in [1.29, 1.82) is 0 Å². The summed E-state index contributed by atoms with van der Waals surface area (Å²) in [6, 6.07) is -0.944. The Morgan fingerprint density at radius 3 is 2.23 bits per heavy atom. The van der Waals surface area contributed by atoms with Gasteiger partial charge in [-0.05, 0) is 12.8 Å². The normalized spacial score (nSPS) is 11.7. The quantitative estimate of drug-likeness (QED) is 0.231. The van der Waals surface area contributed by atoms with E-state index in [9.17, 15) is 9.59 Å². The number of carbonyl (C=O) groups is 2. The summed E-state index contributed by atoms with van der Waals surface area (Å²) < 4.78 is 0. The third kappa shape index (κ3) is 12.0. The first-order valence-corrected chi connectivity index (χ1v) is 8.05. The highest BCUT2D eigenvalue weighted by Crippen LogP contribution is 2.08. The van der Waals surface area contributed by atoms with E-state index in [1.807, 2.05) is 0 Å². The highest BCUT2D eigenvalue weighted by molar-refractivity contribution is 5.83. The lowest BCUT2D eigenvalue weighted by molar-refractivity contribution is -0.142. The maximum absolute atomic E-state index is 11.7. The summed E-state index contributed by atoms with van der Waals surface area (Å²) in [7, 11) is 0. The second kappa shape index (κ2) is 12.9. The van der Waals surface area contributed by atoms with Crippen LogP contribution in [-0.4, -0.2) is 35.5 Å². The van der Waals surface area contributed by atoms with E-state index in [4.69, 9.17) is 16.6 Å². The Balaban J connectivity index is 3.84. The molecule has 0 unspecified atom stereocenters. The summed E-state index contributed by atoms with van der Waals surface area (Å²) >= 11 is 0. The molecule has 0 bridgehead atoms. The standard InChI is InChI=1S/C15H30N4O3/c1-2-3-4-5-6-7-8-9-13(20)19-12(14(21)22)10-11-18-15(16)17/h12H,2-11H2,1H3,(H,19,20)(H,21,22)(H4,16,17,18)/t12-/m0/s1. The first-order valence-electron chi connectivity index (χ1n) is 8.05. The van der Waals surface area contributed by atoms with Crippen LogP contribution in [0.15, 0.2) is 4.99 Å². The molecule has 0 aliphatic carbocycles. The van der Waals surface area contributed by atoms with E-state index in [1.165, 1.54) is 25.7 Å². The second-order valence-corrected chi connectivity index (χ2v) is 5.42. The highest BCUT2D eigenvalue weighted by Gasteiger charge is 2.18. The Kier molecular flexibility index (Phi) is 11.9. The summed E-state index contributed by atoms with van der Waals surface area (Å²) in [5.74, 6) is -1.39. The average molecular weight is 314 g/mol. The summed E-state index contributed by atoms with van der Waals surface area (Å²) in [5, 5.41) is 11.6. The third-order valence-corrected chi connectivity index (χ3v) is 3.35. The van der Waals surface area contributed by atoms with Crippen molar-refractivity contribution in [3.63, 3.8) is 0 Å². The minimum absolute atomic E-state index is 0.0847. The minimum atomic E-state index is -1.07. The van der Waals surface area contributed by atoms with Crippen molar-refractivity contribution in [3.05, 3.63) is 0 Å². The zero-order valence-corrected chi connectivity index (χ0v) is 13.5. The van der Waals surface area contributed by atoms with Gasteiger partial charge in [-0.1, -0.05) is 45.4 Å². The molecule has 7 heteroatoms. The fourth-order valence-corrected chi connectivity index (χ4v) is 2.09. The number of hydrogen-bond donors (Lipinski definition) is 4. The van der Waals surface area contributed by atoms with Gasteiger partial charge in [0.05, 0.1) is 0 Å². The van der Waals surface area contributed by atoms with Crippen molar-refractivity contribution in [2.75, 3.05) is 6.54 Å². The molecule has 0 fully saturated rings. The van der Waals surface area contributed by atoms with Crippen LogP contribution < -0.4 is 16.8 Å². The van der Waals surface area contributed by atoms with Crippen molar-refractivity contribution in [1.82, 2.24) is 5.32 Å². The first kappa shape index (κ1) is 20.2. The number of rotatable bonds is 13. The molecule has 22 heavy (non-hydrogen) atoms. The zero-order chi connectivity index (χ0) is 16.8. The van der Waals surface area contributed by atoms with Crippen LogP contribution in [-0.2, 0) is 9.59 Å². The van der Waals surface area contributed by atoms with E-state index >= 15 is 0 Å². The Hall–Kier alpha value is -1.79. The van der Waals surface area contributed by atoms with Crippen LogP contribution in [0, 0.1) is 0 Å². The van der Waals surface area contributed by atoms with Crippen molar-refractivity contribution < 1.29 is 14.7 Å². The molecule has 0 spiro atoms. The molecule has 0 aliphatic rings. The molecule has 0 heterocycles. The number of carbonyl (C=O) groups excluding carboxylic acids is 1. The van der Waals surface area contributed by atoms with Crippen molar-refractivity contribution >= 4 is 17.8 Å². The fourth-order valence-electron chi connectivity index (χ4n) is 2.09. The van der Waals surface area contributed by atoms with Gasteiger partial charge in [-0.15, -0.1) is 0 Å². The molecule has 0 aliphatic heterocycles. The number of hydrogen-bond acceptors (Lipinski definition) is 3. The number of nitrogens with two attached hydrogens (primary N) is 2. The van der Waals surface area contributed by atoms with Gasteiger partial charge < -0.3 is 21.9 Å². The number of nitrogens with one attached hydrogen (secondary N) is 1. The molecule has 6 N–H and O–H groups in total. The summed E-state index contributed by atoms with van der Waals surface area (Å²) in [6.07, 6.45) is 8.38. The topological polar surface area (TPSA) is 131 Å². The number of guanidine groups is 1. The molecule has 0 aromatic heterocycles. The molecule has 1 atom stereocenters. The van der Waals surface area contributed by atoms with Gasteiger partial charge in [-0.2, -0.15) is 0 Å². The lowest BCUT2D eigenvalue weighted by atomic mass is 10.1. The zero-order valence-electron chi connectivity index (χ0n) is 13.5. The van der Waals surface area contributed by atoms with E-state index < -0.39 is 12.0 Å². The van der Waals surface area contributed by atoms with Gasteiger partial charge in [0.1, 0.15) is 6.04 Å². The first-order chi connectivity index (χ1) is 10.5. The van der Waals surface area contributed by atoms with Crippen molar-refractivity contribution in [3.8, 4) is 0 Å².